The molecule has 0 radical (unpaired) electrons. The second kappa shape index (κ2) is 5.72. The quantitative estimate of drug-likeness (QED) is 0.946. The number of aromatic amines is 1. The average Bonchev–Trinajstić information content (AvgIpc) is 2.52. The molecule has 2 aromatic heterocycles. The van der Waals surface area contributed by atoms with Gasteiger partial charge in [0, 0.05) is 37.3 Å². The maximum atomic E-state index is 12.0. The third-order valence-corrected chi connectivity index (χ3v) is 4.53. The highest BCUT2D eigenvalue weighted by Crippen LogP contribution is 2.31. The van der Waals surface area contributed by atoms with E-state index in [0.717, 1.165) is 23.2 Å². The normalized spacial score (nSPS) is 20.5. The molecule has 118 valence electrons. The van der Waals surface area contributed by atoms with Crippen LogP contribution in [-0.4, -0.2) is 35.7 Å². The number of hydrogen-bond acceptors (Lipinski definition) is 4. The molecule has 0 saturated carbocycles. The van der Waals surface area contributed by atoms with Crippen LogP contribution in [0.15, 0.2) is 23.1 Å². The number of ether oxygens (including phenoxy) is 1. The molecular formula is C17H23N3O2. The zero-order valence-corrected chi connectivity index (χ0v) is 13.0. The zero-order valence-electron chi connectivity index (χ0n) is 16.0. The Morgan fingerprint density at radius 3 is 2.91 bits per heavy atom. The fraction of sp³-hybridized carbons (Fsp3) is 0.529. The topological polar surface area (TPSA) is 58.2 Å². The third-order valence-electron chi connectivity index (χ3n) is 4.53. The number of rotatable bonds is 3. The van der Waals surface area contributed by atoms with Crippen molar-refractivity contribution < 1.29 is 8.85 Å². The summed E-state index contributed by atoms with van der Waals surface area (Å²) in [6, 6.07) is 3.61. The molecule has 1 saturated heterocycles. The lowest BCUT2D eigenvalue weighted by Crippen LogP contribution is -2.44. The van der Waals surface area contributed by atoms with Crippen molar-refractivity contribution in [2.45, 2.75) is 38.7 Å². The SMILES string of the molecule is [2H]C([2H])([2H])OC1(C)CCN(c2cc(=O)[nH]c3cnc(CC)cc23)CC1. The monoisotopic (exact) mass is 304 g/mol. The van der Waals surface area contributed by atoms with Crippen LogP contribution in [0.1, 0.15) is 36.5 Å². The molecule has 3 rings (SSSR count). The van der Waals surface area contributed by atoms with E-state index in [2.05, 4.69) is 14.9 Å². The molecular weight excluding hydrogens is 278 g/mol. The predicted molar refractivity (Wildman–Crippen MR) is 88.6 cm³/mol. The number of piperidine rings is 1. The molecule has 3 heterocycles. The van der Waals surface area contributed by atoms with Gasteiger partial charge >= 0.3 is 0 Å². The van der Waals surface area contributed by atoms with Gasteiger partial charge in [0.05, 0.1) is 27.1 Å². The molecule has 0 aromatic carbocycles. The Labute approximate surface area is 134 Å². The van der Waals surface area contributed by atoms with Gasteiger partial charge in [-0.2, -0.15) is 0 Å². The van der Waals surface area contributed by atoms with Gasteiger partial charge in [-0.3, -0.25) is 9.78 Å². The van der Waals surface area contributed by atoms with Gasteiger partial charge in [0.15, 0.2) is 0 Å². The first-order valence-electron chi connectivity index (χ1n) is 9.16. The van der Waals surface area contributed by atoms with E-state index in [4.69, 9.17) is 8.85 Å². The minimum Gasteiger partial charge on any atom is -0.378 e. The number of aryl methyl sites for hydroxylation is 1. The summed E-state index contributed by atoms with van der Waals surface area (Å²) < 4.78 is 27.3. The minimum absolute atomic E-state index is 0.166. The second-order valence-electron chi connectivity index (χ2n) is 6.13. The zero-order chi connectivity index (χ0) is 18.2. The lowest BCUT2D eigenvalue weighted by molar-refractivity contribution is -0.0132. The van der Waals surface area contributed by atoms with Crippen LogP contribution in [0.2, 0.25) is 0 Å². The summed E-state index contributed by atoms with van der Waals surface area (Å²) in [5, 5.41) is 0.965. The van der Waals surface area contributed by atoms with Crippen LogP contribution in [0.25, 0.3) is 10.9 Å². The number of aromatic nitrogens is 2. The molecule has 2 aromatic rings. The molecule has 1 N–H and O–H groups in total. The molecule has 1 aliphatic heterocycles. The number of H-pyrrole nitrogens is 1. The highest BCUT2D eigenvalue weighted by molar-refractivity contribution is 5.91. The molecule has 1 aliphatic rings. The molecule has 0 atom stereocenters. The molecule has 1 fully saturated rings. The van der Waals surface area contributed by atoms with E-state index in [1.165, 1.54) is 0 Å². The fourth-order valence-electron chi connectivity index (χ4n) is 2.96. The molecule has 0 unspecified atom stereocenters. The van der Waals surface area contributed by atoms with Crippen molar-refractivity contribution >= 4 is 16.6 Å². The van der Waals surface area contributed by atoms with Crippen LogP contribution >= 0.6 is 0 Å². The summed E-state index contributed by atoms with van der Waals surface area (Å²) in [4.78, 5) is 21.3. The molecule has 0 amide bonds. The van der Waals surface area contributed by atoms with E-state index in [0.29, 0.717) is 31.4 Å². The molecule has 5 nitrogen and oxygen atoms in total. The molecule has 5 heteroatoms. The maximum absolute atomic E-state index is 12.0. The van der Waals surface area contributed by atoms with Crippen LogP contribution in [0.3, 0.4) is 0 Å². The second-order valence-corrected chi connectivity index (χ2v) is 6.13. The number of nitrogens with one attached hydrogen (secondary N) is 1. The Morgan fingerprint density at radius 2 is 2.23 bits per heavy atom. The van der Waals surface area contributed by atoms with Crippen molar-refractivity contribution in [2.75, 3.05) is 25.0 Å². The fourth-order valence-corrected chi connectivity index (χ4v) is 2.96. The predicted octanol–water partition coefficient (Wildman–Crippen LogP) is 2.49. The number of nitrogens with zero attached hydrogens (tertiary/aromatic N) is 2. The summed E-state index contributed by atoms with van der Waals surface area (Å²) in [6.45, 7) is 5.15. The van der Waals surface area contributed by atoms with Crippen LogP contribution < -0.4 is 10.5 Å². The highest BCUT2D eigenvalue weighted by atomic mass is 16.5. The van der Waals surface area contributed by atoms with Gasteiger partial charge in [0.1, 0.15) is 0 Å². The van der Waals surface area contributed by atoms with Gasteiger partial charge in [0.2, 0.25) is 0 Å². The number of hydrogen-bond donors (Lipinski definition) is 1. The van der Waals surface area contributed by atoms with Crippen molar-refractivity contribution in [3.8, 4) is 0 Å². The van der Waals surface area contributed by atoms with Crippen molar-refractivity contribution in [1.29, 1.82) is 0 Å². The molecule has 0 bridgehead atoms. The Bertz CT molecular complexity index is 824. The van der Waals surface area contributed by atoms with E-state index in [1.807, 2.05) is 19.9 Å². The van der Waals surface area contributed by atoms with E-state index in [9.17, 15) is 4.79 Å². The number of pyridine rings is 2. The van der Waals surface area contributed by atoms with Crippen molar-refractivity contribution in [1.82, 2.24) is 9.97 Å². The van der Waals surface area contributed by atoms with Crippen LogP contribution in [-0.2, 0) is 11.2 Å². The Balaban J connectivity index is 1.89. The highest BCUT2D eigenvalue weighted by Gasteiger charge is 2.30. The Hall–Kier alpha value is -1.88. The van der Waals surface area contributed by atoms with Gasteiger partial charge in [-0.1, -0.05) is 6.92 Å². The molecule has 0 aliphatic carbocycles. The number of fused-ring (bicyclic) bond motifs is 1. The van der Waals surface area contributed by atoms with E-state index in [1.54, 1.807) is 12.3 Å². The summed E-state index contributed by atoms with van der Waals surface area (Å²) in [7, 11) is -2.39. The van der Waals surface area contributed by atoms with Gasteiger partial charge in [0.25, 0.3) is 5.56 Å². The van der Waals surface area contributed by atoms with Gasteiger partial charge < -0.3 is 14.6 Å². The number of methoxy groups -OCH3 is 1. The van der Waals surface area contributed by atoms with Crippen LogP contribution in [0, 0.1) is 0 Å². The first-order valence-corrected chi connectivity index (χ1v) is 7.66. The largest absolute Gasteiger partial charge is 0.378 e. The Kier molecular flexibility index (Phi) is 3.03. The summed E-state index contributed by atoms with van der Waals surface area (Å²) in [6.07, 6.45) is 3.70. The average molecular weight is 304 g/mol. The smallest absolute Gasteiger partial charge is 0.250 e. The third kappa shape index (κ3) is 2.73. The first-order chi connectivity index (χ1) is 11.7. The first kappa shape index (κ1) is 11.7. The van der Waals surface area contributed by atoms with Crippen molar-refractivity contribution in [3.05, 3.63) is 34.4 Å². The summed E-state index contributed by atoms with van der Waals surface area (Å²) >= 11 is 0. The van der Waals surface area contributed by atoms with Crippen LogP contribution in [0.5, 0.6) is 0 Å². The Morgan fingerprint density at radius 1 is 1.45 bits per heavy atom. The van der Waals surface area contributed by atoms with Gasteiger partial charge in [-0.25, -0.2) is 0 Å². The van der Waals surface area contributed by atoms with Crippen molar-refractivity contribution in [2.24, 2.45) is 0 Å². The van der Waals surface area contributed by atoms with E-state index >= 15 is 0 Å². The van der Waals surface area contributed by atoms with Gasteiger partial charge in [-0.05, 0) is 32.3 Å². The van der Waals surface area contributed by atoms with E-state index in [-0.39, 0.29) is 5.56 Å². The summed E-state index contributed by atoms with van der Waals surface area (Å²) in [5.74, 6) is 0. The minimum atomic E-state index is -2.39. The molecule has 0 spiro atoms. The van der Waals surface area contributed by atoms with Crippen molar-refractivity contribution in [3.63, 3.8) is 0 Å². The lowest BCUT2D eigenvalue weighted by Gasteiger charge is -2.39. The van der Waals surface area contributed by atoms with E-state index < -0.39 is 12.6 Å². The summed E-state index contributed by atoms with van der Waals surface area (Å²) in [5.41, 5.74) is 1.71. The van der Waals surface area contributed by atoms with Crippen LogP contribution in [0.4, 0.5) is 5.69 Å². The number of anilines is 1. The molecule has 22 heavy (non-hydrogen) atoms. The lowest BCUT2D eigenvalue weighted by atomic mass is 9.93. The maximum Gasteiger partial charge on any atom is 0.250 e. The standard InChI is InChI=1S/C17H23N3O2/c1-4-12-9-13-14(11-18-12)19-16(21)10-15(13)20-7-5-17(2,22-3)6-8-20/h9-11H,4-8H2,1-3H3,(H,19,21)/i3D3. The van der Waals surface area contributed by atoms with Gasteiger partial charge in [-0.15, -0.1) is 0 Å².